The van der Waals surface area contributed by atoms with Crippen LogP contribution in [-0.2, 0) is 14.3 Å². The van der Waals surface area contributed by atoms with Crippen molar-refractivity contribution in [2.45, 2.75) is 26.2 Å². The summed E-state index contributed by atoms with van der Waals surface area (Å²) in [4.78, 5) is 23.6. The van der Waals surface area contributed by atoms with Gasteiger partial charge in [-0.3, -0.25) is 9.59 Å². The zero-order chi connectivity index (χ0) is 15.2. The van der Waals surface area contributed by atoms with Gasteiger partial charge in [0.1, 0.15) is 0 Å². The van der Waals surface area contributed by atoms with E-state index in [1.165, 1.54) is 0 Å². The quantitative estimate of drug-likeness (QED) is 0.666. The van der Waals surface area contributed by atoms with Crippen LogP contribution in [0.25, 0.3) is 0 Å². The molecular weight excluding hydrogens is 334 g/mol. The van der Waals surface area contributed by atoms with Crippen LogP contribution in [0.5, 0.6) is 0 Å². The summed E-state index contributed by atoms with van der Waals surface area (Å²) in [5.74, 6) is -0.723. The Kier molecular flexibility index (Phi) is 5.56. The molecule has 21 heavy (non-hydrogen) atoms. The highest BCUT2D eigenvalue weighted by atomic mass is 79.9. The van der Waals surface area contributed by atoms with Crippen LogP contribution in [0.15, 0.2) is 34.8 Å². The molecule has 112 valence electrons. The number of allylic oxidation sites excluding steroid dienone is 2. The number of anilines is 1. The zero-order valence-electron chi connectivity index (χ0n) is 11.9. The van der Waals surface area contributed by atoms with E-state index in [9.17, 15) is 9.59 Å². The van der Waals surface area contributed by atoms with Crippen LogP contribution >= 0.6 is 15.9 Å². The predicted octanol–water partition coefficient (Wildman–Crippen LogP) is 3.60. The molecule has 1 amide bonds. The molecular formula is C16H18BrNO3. The Hall–Kier alpha value is -1.62. The summed E-state index contributed by atoms with van der Waals surface area (Å²) >= 11 is 3.37. The third-order valence-electron chi connectivity index (χ3n) is 3.41. The Morgan fingerprint density at radius 1 is 1.38 bits per heavy atom. The molecule has 5 heteroatoms. The van der Waals surface area contributed by atoms with Crippen molar-refractivity contribution in [3.05, 3.63) is 40.4 Å². The lowest BCUT2D eigenvalue weighted by Gasteiger charge is -2.16. The molecule has 1 aliphatic carbocycles. The molecule has 1 aromatic carbocycles. The maximum absolute atomic E-state index is 11.8. The molecule has 1 atom stereocenters. The molecule has 0 heterocycles. The van der Waals surface area contributed by atoms with E-state index in [0.717, 1.165) is 28.6 Å². The number of carbonyl (C=O) groups is 2. The number of nitrogens with one attached hydrogen (secondary N) is 1. The fourth-order valence-corrected chi connectivity index (χ4v) is 2.69. The van der Waals surface area contributed by atoms with Crippen molar-refractivity contribution in [2.24, 2.45) is 5.92 Å². The van der Waals surface area contributed by atoms with E-state index in [4.69, 9.17) is 4.74 Å². The van der Waals surface area contributed by atoms with E-state index in [-0.39, 0.29) is 24.4 Å². The molecule has 0 bridgehead atoms. The van der Waals surface area contributed by atoms with Gasteiger partial charge < -0.3 is 10.1 Å². The van der Waals surface area contributed by atoms with Gasteiger partial charge in [0.05, 0.1) is 5.92 Å². The second-order valence-electron chi connectivity index (χ2n) is 5.10. The fourth-order valence-electron chi connectivity index (χ4n) is 2.22. The second-order valence-corrected chi connectivity index (χ2v) is 6.01. The lowest BCUT2D eigenvalue weighted by Crippen LogP contribution is -2.25. The average molecular weight is 352 g/mol. The van der Waals surface area contributed by atoms with Crippen molar-refractivity contribution in [1.82, 2.24) is 0 Å². The molecule has 1 N–H and O–H groups in total. The fraction of sp³-hybridized carbons (Fsp3) is 0.375. The molecule has 0 saturated carbocycles. The van der Waals surface area contributed by atoms with E-state index in [1.807, 2.05) is 31.2 Å². The van der Waals surface area contributed by atoms with Crippen LogP contribution in [0.1, 0.15) is 24.8 Å². The first kappa shape index (κ1) is 15.8. The number of halogens is 1. The van der Waals surface area contributed by atoms with E-state index in [1.54, 1.807) is 0 Å². The van der Waals surface area contributed by atoms with E-state index < -0.39 is 0 Å². The first-order valence-electron chi connectivity index (χ1n) is 6.94. The number of rotatable bonds is 4. The molecule has 1 aliphatic rings. The van der Waals surface area contributed by atoms with Gasteiger partial charge in [0.15, 0.2) is 6.61 Å². The van der Waals surface area contributed by atoms with Crippen molar-refractivity contribution in [2.75, 3.05) is 11.9 Å². The van der Waals surface area contributed by atoms with Gasteiger partial charge >= 0.3 is 5.97 Å². The minimum absolute atomic E-state index is 0.114. The Morgan fingerprint density at radius 2 is 2.19 bits per heavy atom. The number of benzene rings is 1. The molecule has 0 fully saturated rings. The SMILES string of the molecule is Cc1cc(Br)ccc1NC(=O)COC(=O)[C@H]1CC=CCC1. The van der Waals surface area contributed by atoms with Crippen molar-refractivity contribution >= 4 is 33.5 Å². The average Bonchev–Trinajstić information content (AvgIpc) is 2.48. The highest BCUT2D eigenvalue weighted by Crippen LogP contribution is 2.21. The summed E-state index contributed by atoms with van der Waals surface area (Å²) in [6.07, 6.45) is 6.44. The lowest BCUT2D eigenvalue weighted by atomic mass is 9.95. The predicted molar refractivity (Wildman–Crippen MR) is 84.9 cm³/mol. The van der Waals surface area contributed by atoms with Gasteiger partial charge in [-0.1, -0.05) is 28.1 Å². The van der Waals surface area contributed by atoms with E-state index in [0.29, 0.717) is 6.42 Å². The third kappa shape index (κ3) is 4.70. The van der Waals surface area contributed by atoms with Crippen LogP contribution in [0.4, 0.5) is 5.69 Å². The van der Waals surface area contributed by atoms with Crippen molar-refractivity contribution in [1.29, 1.82) is 0 Å². The van der Waals surface area contributed by atoms with Crippen LogP contribution in [-0.4, -0.2) is 18.5 Å². The Bertz CT molecular complexity index is 569. The number of esters is 1. The third-order valence-corrected chi connectivity index (χ3v) is 3.90. The summed E-state index contributed by atoms with van der Waals surface area (Å²) in [6.45, 7) is 1.66. The minimum atomic E-state index is -0.319. The number of aryl methyl sites for hydroxylation is 1. The Balaban J connectivity index is 1.81. The number of hydrogen-bond donors (Lipinski definition) is 1. The summed E-state index contributed by atoms with van der Waals surface area (Å²) in [5, 5.41) is 2.74. The summed E-state index contributed by atoms with van der Waals surface area (Å²) in [7, 11) is 0. The van der Waals surface area contributed by atoms with Gasteiger partial charge in [0, 0.05) is 10.2 Å². The van der Waals surface area contributed by atoms with E-state index >= 15 is 0 Å². The van der Waals surface area contributed by atoms with Gasteiger partial charge in [-0.05, 0) is 49.9 Å². The number of hydrogen-bond acceptors (Lipinski definition) is 3. The number of ether oxygens (including phenoxy) is 1. The molecule has 0 radical (unpaired) electrons. The highest BCUT2D eigenvalue weighted by molar-refractivity contribution is 9.10. The number of carbonyl (C=O) groups excluding carboxylic acids is 2. The first-order chi connectivity index (χ1) is 10.1. The van der Waals surface area contributed by atoms with Crippen LogP contribution in [0.3, 0.4) is 0 Å². The van der Waals surface area contributed by atoms with E-state index in [2.05, 4.69) is 27.3 Å². The first-order valence-corrected chi connectivity index (χ1v) is 7.73. The minimum Gasteiger partial charge on any atom is -0.455 e. The molecule has 0 aromatic heterocycles. The molecule has 2 rings (SSSR count). The molecule has 0 unspecified atom stereocenters. The highest BCUT2D eigenvalue weighted by Gasteiger charge is 2.21. The normalized spacial score (nSPS) is 17.3. The van der Waals surface area contributed by atoms with Crippen LogP contribution in [0.2, 0.25) is 0 Å². The second kappa shape index (κ2) is 7.41. The molecule has 0 aliphatic heterocycles. The summed E-state index contributed by atoms with van der Waals surface area (Å²) in [5.41, 5.74) is 1.67. The van der Waals surface area contributed by atoms with Crippen LogP contribution in [0, 0.1) is 12.8 Å². The van der Waals surface area contributed by atoms with Crippen molar-refractivity contribution in [3.8, 4) is 0 Å². The van der Waals surface area contributed by atoms with Gasteiger partial charge in [-0.25, -0.2) is 0 Å². The molecule has 0 saturated heterocycles. The van der Waals surface area contributed by atoms with Gasteiger partial charge in [0.2, 0.25) is 0 Å². The Morgan fingerprint density at radius 3 is 2.86 bits per heavy atom. The topological polar surface area (TPSA) is 55.4 Å². The lowest BCUT2D eigenvalue weighted by molar-refractivity contribution is -0.151. The van der Waals surface area contributed by atoms with Crippen LogP contribution < -0.4 is 5.32 Å². The summed E-state index contributed by atoms with van der Waals surface area (Å²) in [6, 6.07) is 5.57. The van der Waals surface area contributed by atoms with Gasteiger partial charge in [-0.15, -0.1) is 0 Å². The largest absolute Gasteiger partial charge is 0.455 e. The molecule has 4 nitrogen and oxygen atoms in total. The standard InChI is InChI=1S/C16H18BrNO3/c1-11-9-13(17)7-8-14(11)18-15(19)10-21-16(20)12-5-3-2-4-6-12/h2-3,7-9,12H,4-6,10H2,1H3,(H,18,19)/t12-/m0/s1. The maximum Gasteiger partial charge on any atom is 0.309 e. The monoisotopic (exact) mass is 351 g/mol. The van der Waals surface area contributed by atoms with Gasteiger partial charge in [0.25, 0.3) is 5.91 Å². The zero-order valence-corrected chi connectivity index (χ0v) is 13.5. The van der Waals surface area contributed by atoms with Gasteiger partial charge in [-0.2, -0.15) is 0 Å². The Labute approximate surface area is 132 Å². The smallest absolute Gasteiger partial charge is 0.309 e. The molecule has 0 spiro atoms. The summed E-state index contributed by atoms with van der Waals surface area (Å²) < 4.78 is 6.04. The number of amides is 1. The van der Waals surface area contributed by atoms with Crippen molar-refractivity contribution < 1.29 is 14.3 Å². The van der Waals surface area contributed by atoms with Crippen molar-refractivity contribution in [3.63, 3.8) is 0 Å². The maximum atomic E-state index is 11.8. The molecule has 1 aromatic rings.